The first-order valence-corrected chi connectivity index (χ1v) is 10.9. The summed E-state index contributed by atoms with van der Waals surface area (Å²) in [6.45, 7) is 3.66. The van der Waals surface area contributed by atoms with Gasteiger partial charge < -0.3 is 19.5 Å². The highest BCUT2D eigenvalue weighted by atomic mass is 32.1. The third-order valence-corrected chi connectivity index (χ3v) is 6.11. The van der Waals surface area contributed by atoms with Crippen LogP contribution in [0.25, 0.3) is 0 Å². The van der Waals surface area contributed by atoms with Crippen LogP contribution in [-0.4, -0.2) is 57.9 Å². The molecule has 1 fully saturated rings. The zero-order chi connectivity index (χ0) is 20.5. The lowest BCUT2D eigenvalue weighted by Gasteiger charge is -2.35. The maximum absolute atomic E-state index is 12.4. The highest BCUT2D eigenvalue weighted by Crippen LogP contribution is 2.32. The third kappa shape index (κ3) is 6.19. The molecule has 7 heteroatoms. The number of methoxy groups -OCH3 is 2. The summed E-state index contributed by atoms with van der Waals surface area (Å²) in [5.74, 6) is 1.50. The summed E-state index contributed by atoms with van der Waals surface area (Å²) < 4.78 is 16.3. The highest BCUT2D eigenvalue weighted by molar-refractivity contribution is 7.09. The largest absolute Gasteiger partial charge is 0.493 e. The van der Waals surface area contributed by atoms with Crippen LogP contribution in [0.4, 0.5) is 0 Å². The van der Waals surface area contributed by atoms with Crippen molar-refractivity contribution in [3.8, 4) is 11.5 Å². The number of hydrogen-bond acceptors (Lipinski definition) is 6. The average molecular weight is 419 g/mol. The maximum atomic E-state index is 12.4. The van der Waals surface area contributed by atoms with Crippen molar-refractivity contribution >= 4 is 17.2 Å². The zero-order valence-electron chi connectivity index (χ0n) is 17.2. The Morgan fingerprint density at radius 3 is 2.69 bits per heavy atom. The van der Waals surface area contributed by atoms with E-state index in [9.17, 15) is 4.79 Å². The fraction of sp³-hybridized carbons (Fsp3) is 0.500. The minimum atomic E-state index is 0.0694. The molecule has 1 amide bonds. The standard InChI is InChI=1S/C22H30N2O4S/c1-26-20-9-8-17(15-21(20)27-2)19(24-10-12-28-13-11-24)16-23-22(25)7-3-5-18-6-4-14-29-18/h4,6,8-9,14-15,19H,3,5,7,10-13,16H2,1-2H3,(H,23,25). The van der Waals surface area contributed by atoms with E-state index < -0.39 is 0 Å². The summed E-state index contributed by atoms with van der Waals surface area (Å²) in [6, 6.07) is 10.2. The van der Waals surface area contributed by atoms with Crippen molar-refractivity contribution in [2.24, 2.45) is 0 Å². The molecule has 0 saturated carbocycles. The lowest BCUT2D eigenvalue weighted by molar-refractivity contribution is -0.121. The number of hydrogen-bond donors (Lipinski definition) is 1. The Labute approximate surface area is 176 Å². The van der Waals surface area contributed by atoms with E-state index in [1.54, 1.807) is 25.6 Å². The second kappa shape index (κ2) is 11.2. The molecule has 3 rings (SSSR count). The van der Waals surface area contributed by atoms with E-state index in [0.29, 0.717) is 37.7 Å². The smallest absolute Gasteiger partial charge is 0.220 e. The number of ether oxygens (including phenoxy) is 3. The summed E-state index contributed by atoms with van der Waals surface area (Å²) in [5.41, 5.74) is 1.10. The first kappa shape index (κ1) is 21.6. The summed E-state index contributed by atoms with van der Waals surface area (Å²) >= 11 is 1.74. The molecule has 29 heavy (non-hydrogen) atoms. The molecule has 2 aromatic rings. The van der Waals surface area contributed by atoms with Crippen LogP contribution in [0.3, 0.4) is 0 Å². The Hall–Kier alpha value is -2.09. The van der Waals surface area contributed by atoms with Crippen molar-refractivity contribution in [1.82, 2.24) is 10.2 Å². The molecule has 1 aromatic carbocycles. The number of thiophene rings is 1. The van der Waals surface area contributed by atoms with E-state index in [1.165, 1.54) is 4.88 Å². The minimum Gasteiger partial charge on any atom is -0.493 e. The SMILES string of the molecule is COc1ccc(C(CNC(=O)CCCc2cccs2)N2CCOCC2)cc1OC. The Morgan fingerprint density at radius 1 is 1.21 bits per heavy atom. The number of morpholine rings is 1. The van der Waals surface area contributed by atoms with E-state index in [-0.39, 0.29) is 11.9 Å². The van der Waals surface area contributed by atoms with Gasteiger partial charge in [-0.2, -0.15) is 0 Å². The van der Waals surface area contributed by atoms with Crippen LogP contribution in [-0.2, 0) is 16.0 Å². The van der Waals surface area contributed by atoms with Gasteiger partial charge in [-0.1, -0.05) is 12.1 Å². The Balaban J connectivity index is 1.62. The van der Waals surface area contributed by atoms with E-state index in [2.05, 4.69) is 27.7 Å². The number of amides is 1. The normalized spacial score (nSPS) is 15.7. The molecule has 158 valence electrons. The minimum absolute atomic E-state index is 0.0694. The van der Waals surface area contributed by atoms with E-state index in [4.69, 9.17) is 14.2 Å². The molecular weight excluding hydrogens is 388 g/mol. The quantitative estimate of drug-likeness (QED) is 0.642. The van der Waals surface area contributed by atoms with Gasteiger partial charge in [-0.3, -0.25) is 9.69 Å². The average Bonchev–Trinajstić information content (AvgIpc) is 3.28. The number of carbonyl (C=O) groups is 1. The lowest BCUT2D eigenvalue weighted by Crippen LogP contribution is -2.43. The molecule has 1 saturated heterocycles. The molecule has 2 heterocycles. The molecule has 0 radical (unpaired) electrons. The molecule has 0 bridgehead atoms. The first-order valence-electron chi connectivity index (χ1n) is 10.0. The van der Waals surface area contributed by atoms with Gasteiger partial charge in [0.1, 0.15) is 0 Å². The van der Waals surface area contributed by atoms with Gasteiger partial charge in [0, 0.05) is 30.9 Å². The highest BCUT2D eigenvalue weighted by Gasteiger charge is 2.24. The lowest BCUT2D eigenvalue weighted by atomic mass is 10.0. The summed E-state index contributed by atoms with van der Waals surface area (Å²) in [6.07, 6.45) is 2.36. The topological polar surface area (TPSA) is 60.0 Å². The maximum Gasteiger partial charge on any atom is 0.220 e. The fourth-order valence-corrected chi connectivity index (χ4v) is 4.34. The molecule has 0 aliphatic carbocycles. The van der Waals surface area contributed by atoms with Crippen LogP contribution >= 0.6 is 11.3 Å². The van der Waals surface area contributed by atoms with Crippen LogP contribution in [0.2, 0.25) is 0 Å². The molecule has 1 aliphatic rings. The van der Waals surface area contributed by atoms with Crippen LogP contribution in [0.5, 0.6) is 11.5 Å². The number of rotatable bonds is 10. The van der Waals surface area contributed by atoms with Gasteiger partial charge >= 0.3 is 0 Å². The van der Waals surface area contributed by atoms with Gasteiger partial charge in [0.05, 0.1) is 33.5 Å². The van der Waals surface area contributed by atoms with Crippen molar-refractivity contribution in [3.63, 3.8) is 0 Å². The Bertz CT molecular complexity index is 760. The molecule has 6 nitrogen and oxygen atoms in total. The van der Waals surface area contributed by atoms with Crippen molar-refractivity contribution in [2.45, 2.75) is 25.3 Å². The van der Waals surface area contributed by atoms with Crippen LogP contribution < -0.4 is 14.8 Å². The number of carbonyl (C=O) groups excluding carboxylic acids is 1. The van der Waals surface area contributed by atoms with Crippen molar-refractivity contribution in [2.75, 3.05) is 47.1 Å². The van der Waals surface area contributed by atoms with E-state index in [0.717, 1.165) is 31.5 Å². The van der Waals surface area contributed by atoms with Gasteiger partial charge in [-0.25, -0.2) is 0 Å². The first-order chi connectivity index (χ1) is 14.2. The molecule has 1 N–H and O–H groups in total. The predicted molar refractivity (Wildman–Crippen MR) is 115 cm³/mol. The van der Waals surface area contributed by atoms with Crippen molar-refractivity contribution < 1.29 is 19.0 Å². The number of aryl methyl sites for hydroxylation is 1. The van der Waals surface area contributed by atoms with Crippen molar-refractivity contribution in [1.29, 1.82) is 0 Å². The Morgan fingerprint density at radius 2 is 2.00 bits per heavy atom. The predicted octanol–water partition coefficient (Wildman–Crippen LogP) is 3.28. The third-order valence-electron chi connectivity index (χ3n) is 5.18. The van der Waals surface area contributed by atoms with Gasteiger partial charge in [0.15, 0.2) is 11.5 Å². The monoisotopic (exact) mass is 418 g/mol. The van der Waals surface area contributed by atoms with Gasteiger partial charge in [-0.05, 0) is 42.0 Å². The van der Waals surface area contributed by atoms with Crippen molar-refractivity contribution in [3.05, 3.63) is 46.2 Å². The summed E-state index contributed by atoms with van der Waals surface area (Å²) in [5, 5.41) is 5.21. The van der Waals surface area contributed by atoms with E-state index in [1.807, 2.05) is 18.2 Å². The van der Waals surface area contributed by atoms with Crippen LogP contribution in [0.15, 0.2) is 35.7 Å². The molecule has 1 aromatic heterocycles. The zero-order valence-corrected chi connectivity index (χ0v) is 18.0. The van der Waals surface area contributed by atoms with Gasteiger partial charge in [0.25, 0.3) is 0 Å². The number of nitrogens with one attached hydrogen (secondary N) is 1. The van der Waals surface area contributed by atoms with Crippen LogP contribution in [0, 0.1) is 0 Å². The second-order valence-electron chi connectivity index (χ2n) is 7.02. The molecule has 1 aliphatic heterocycles. The second-order valence-corrected chi connectivity index (χ2v) is 8.05. The van der Waals surface area contributed by atoms with Gasteiger partial charge in [-0.15, -0.1) is 11.3 Å². The van der Waals surface area contributed by atoms with Crippen LogP contribution in [0.1, 0.15) is 29.3 Å². The summed E-state index contributed by atoms with van der Waals surface area (Å²) in [7, 11) is 3.27. The van der Waals surface area contributed by atoms with Gasteiger partial charge in [0.2, 0.25) is 5.91 Å². The number of benzene rings is 1. The van der Waals surface area contributed by atoms with E-state index >= 15 is 0 Å². The fourth-order valence-electron chi connectivity index (χ4n) is 3.58. The molecule has 1 atom stereocenters. The number of nitrogens with zero attached hydrogens (tertiary/aromatic N) is 1. The molecular formula is C22H30N2O4S. The molecule has 0 spiro atoms. The summed E-state index contributed by atoms with van der Waals surface area (Å²) in [4.78, 5) is 16.1. The molecule has 1 unspecified atom stereocenters. The Kier molecular flexibility index (Phi) is 8.34.